The zero-order valence-corrected chi connectivity index (χ0v) is 21.3. The van der Waals surface area contributed by atoms with E-state index in [1.165, 1.54) is 17.4 Å². The molecule has 3 aromatic heterocycles. The summed E-state index contributed by atoms with van der Waals surface area (Å²) in [5, 5.41) is 4.80. The van der Waals surface area contributed by atoms with Gasteiger partial charge in [-0.1, -0.05) is 11.2 Å². The van der Waals surface area contributed by atoms with Crippen molar-refractivity contribution in [2.75, 3.05) is 4.90 Å². The van der Waals surface area contributed by atoms with Gasteiger partial charge in [-0.25, -0.2) is 18.7 Å². The lowest BCUT2D eigenvalue weighted by molar-refractivity contribution is -0.120. The number of hydrogen-bond acceptors (Lipinski definition) is 6. The van der Waals surface area contributed by atoms with Crippen LogP contribution in [0.1, 0.15) is 47.5 Å². The number of carbonyl (C=O) groups is 1. The summed E-state index contributed by atoms with van der Waals surface area (Å²) in [6.45, 7) is 5.74. The highest BCUT2D eigenvalue weighted by Gasteiger charge is 2.35. The van der Waals surface area contributed by atoms with E-state index in [4.69, 9.17) is 9.51 Å². The Hall–Kier alpha value is -3.92. The van der Waals surface area contributed by atoms with Crippen molar-refractivity contribution in [1.82, 2.24) is 19.7 Å². The van der Waals surface area contributed by atoms with Crippen molar-refractivity contribution in [3.05, 3.63) is 76.4 Å². The van der Waals surface area contributed by atoms with Crippen molar-refractivity contribution >= 4 is 34.0 Å². The monoisotopic (exact) mass is 519 g/mol. The first-order valence-electron chi connectivity index (χ1n) is 12.0. The van der Waals surface area contributed by atoms with E-state index in [1.807, 2.05) is 43.5 Å². The standard InChI is InChI=1S/C27H23F2N5O2S/c1-14-13-30-27(37-14)34-22-10-7-17(25-15(2)32-36-16(25)3)11-21(22)31-26(34)23-5-4-6-24(35)33(23)18-8-9-19(28)20(29)12-18/h7-13,23H,4-6H2,1-3H3/t23-/m0/s1. The molecule has 5 aromatic rings. The van der Waals surface area contributed by atoms with Crippen LogP contribution in [-0.2, 0) is 4.79 Å². The van der Waals surface area contributed by atoms with Crippen molar-refractivity contribution in [3.63, 3.8) is 0 Å². The summed E-state index contributed by atoms with van der Waals surface area (Å²) >= 11 is 1.52. The molecule has 0 N–H and O–H groups in total. The molecular formula is C27H23F2N5O2S. The zero-order chi connectivity index (χ0) is 25.8. The number of carbonyl (C=O) groups excluding carboxylic acids is 1. The van der Waals surface area contributed by atoms with E-state index in [0.29, 0.717) is 30.8 Å². The minimum absolute atomic E-state index is 0.160. The van der Waals surface area contributed by atoms with E-state index in [2.05, 4.69) is 10.1 Å². The van der Waals surface area contributed by atoms with Gasteiger partial charge in [-0.05, 0) is 63.4 Å². The second kappa shape index (κ2) is 8.88. The molecule has 1 aliphatic heterocycles. The number of amides is 1. The van der Waals surface area contributed by atoms with Crippen LogP contribution in [0.2, 0.25) is 0 Å². The van der Waals surface area contributed by atoms with Crippen molar-refractivity contribution in [2.45, 2.75) is 46.1 Å². The minimum atomic E-state index is -0.997. The molecule has 0 saturated carbocycles. The highest BCUT2D eigenvalue weighted by Crippen LogP contribution is 2.40. The molecule has 1 amide bonds. The van der Waals surface area contributed by atoms with Gasteiger partial charge in [0.15, 0.2) is 16.8 Å². The Morgan fingerprint density at radius 3 is 2.62 bits per heavy atom. The van der Waals surface area contributed by atoms with Crippen molar-refractivity contribution in [2.24, 2.45) is 0 Å². The molecule has 37 heavy (non-hydrogen) atoms. The number of aryl methyl sites for hydroxylation is 3. The molecule has 1 saturated heterocycles. The van der Waals surface area contributed by atoms with Crippen LogP contribution in [-0.4, -0.2) is 25.6 Å². The number of rotatable bonds is 4. The highest BCUT2D eigenvalue weighted by atomic mass is 32.1. The van der Waals surface area contributed by atoms with Crippen molar-refractivity contribution < 1.29 is 18.1 Å². The lowest BCUT2D eigenvalue weighted by atomic mass is 9.99. The maximum Gasteiger partial charge on any atom is 0.227 e. The Morgan fingerprint density at radius 1 is 1.08 bits per heavy atom. The van der Waals surface area contributed by atoms with Gasteiger partial charge in [-0.15, -0.1) is 11.3 Å². The number of piperidine rings is 1. The fourth-order valence-electron chi connectivity index (χ4n) is 5.09. The summed E-state index contributed by atoms with van der Waals surface area (Å²) in [5.41, 5.74) is 4.49. The number of imidazole rings is 1. The Morgan fingerprint density at radius 2 is 1.92 bits per heavy atom. The van der Waals surface area contributed by atoms with Gasteiger partial charge in [0.25, 0.3) is 0 Å². The average molecular weight is 520 g/mol. The van der Waals surface area contributed by atoms with Crippen LogP contribution in [0.5, 0.6) is 0 Å². The van der Waals surface area contributed by atoms with Crippen LogP contribution in [0.15, 0.2) is 47.1 Å². The van der Waals surface area contributed by atoms with E-state index in [-0.39, 0.29) is 5.91 Å². The first-order valence-corrected chi connectivity index (χ1v) is 12.8. The number of halogens is 2. The van der Waals surface area contributed by atoms with Gasteiger partial charge in [-0.2, -0.15) is 0 Å². The molecule has 0 spiro atoms. The second-order valence-corrected chi connectivity index (χ2v) is 10.4. The van der Waals surface area contributed by atoms with E-state index in [1.54, 1.807) is 11.1 Å². The summed E-state index contributed by atoms with van der Waals surface area (Å²) in [6.07, 6.45) is 3.40. The molecule has 0 aliphatic carbocycles. The van der Waals surface area contributed by atoms with Gasteiger partial charge in [-0.3, -0.25) is 9.36 Å². The average Bonchev–Trinajstić information content (AvgIpc) is 3.56. The SMILES string of the molecule is Cc1cnc(-n2c([C@@H]3CCCC(=O)N3c3ccc(F)c(F)c3)nc3cc(-c4c(C)noc4C)ccc32)s1. The van der Waals surface area contributed by atoms with Gasteiger partial charge in [0, 0.05) is 34.8 Å². The summed E-state index contributed by atoms with van der Waals surface area (Å²) < 4.78 is 35.2. The van der Waals surface area contributed by atoms with Crippen LogP contribution >= 0.6 is 11.3 Å². The zero-order valence-electron chi connectivity index (χ0n) is 20.5. The molecule has 188 valence electrons. The Balaban J connectivity index is 1.56. The van der Waals surface area contributed by atoms with Gasteiger partial charge < -0.3 is 9.42 Å². The van der Waals surface area contributed by atoms with Crippen LogP contribution in [0.3, 0.4) is 0 Å². The second-order valence-electron chi connectivity index (χ2n) is 9.23. The number of hydrogen-bond donors (Lipinski definition) is 0. The highest BCUT2D eigenvalue weighted by molar-refractivity contribution is 7.14. The number of fused-ring (bicyclic) bond motifs is 1. The molecule has 0 radical (unpaired) electrons. The van der Waals surface area contributed by atoms with Crippen LogP contribution < -0.4 is 4.90 Å². The first kappa shape index (κ1) is 23.5. The summed E-state index contributed by atoms with van der Waals surface area (Å²) in [4.78, 5) is 25.4. The summed E-state index contributed by atoms with van der Waals surface area (Å²) in [6, 6.07) is 9.03. The molecule has 0 bridgehead atoms. The predicted octanol–water partition coefficient (Wildman–Crippen LogP) is 6.60. The summed E-state index contributed by atoms with van der Waals surface area (Å²) in [5.74, 6) is -0.773. The third kappa shape index (κ3) is 3.92. The third-order valence-electron chi connectivity index (χ3n) is 6.73. The lowest BCUT2D eigenvalue weighted by Gasteiger charge is -2.35. The first-order chi connectivity index (χ1) is 17.8. The maximum atomic E-state index is 14.2. The Bertz CT molecular complexity index is 1650. The number of benzene rings is 2. The molecule has 10 heteroatoms. The van der Waals surface area contributed by atoms with E-state index in [9.17, 15) is 13.6 Å². The fourth-order valence-corrected chi connectivity index (χ4v) is 5.88. The lowest BCUT2D eigenvalue weighted by Crippen LogP contribution is -2.39. The topological polar surface area (TPSA) is 77.1 Å². The molecule has 4 heterocycles. The van der Waals surface area contributed by atoms with Gasteiger partial charge in [0.2, 0.25) is 5.91 Å². The number of anilines is 1. The van der Waals surface area contributed by atoms with Gasteiger partial charge in [0.05, 0.1) is 22.8 Å². The Labute approximate surface area is 215 Å². The van der Waals surface area contributed by atoms with Gasteiger partial charge in [0.1, 0.15) is 11.6 Å². The quantitative estimate of drug-likeness (QED) is 0.267. The molecular weight excluding hydrogens is 496 g/mol. The van der Waals surface area contributed by atoms with Crippen molar-refractivity contribution in [1.29, 1.82) is 0 Å². The van der Waals surface area contributed by atoms with Crippen molar-refractivity contribution in [3.8, 4) is 16.3 Å². The largest absolute Gasteiger partial charge is 0.361 e. The smallest absolute Gasteiger partial charge is 0.227 e. The molecule has 6 rings (SSSR count). The Kier molecular flexibility index (Phi) is 5.63. The molecule has 1 aliphatic rings. The number of aromatic nitrogens is 4. The van der Waals surface area contributed by atoms with Crippen LogP contribution in [0, 0.1) is 32.4 Å². The van der Waals surface area contributed by atoms with E-state index in [0.717, 1.165) is 55.8 Å². The molecule has 2 aromatic carbocycles. The molecule has 7 nitrogen and oxygen atoms in total. The number of thiazole rings is 1. The van der Waals surface area contributed by atoms with E-state index >= 15 is 0 Å². The normalized spacial score (nSPS) is 16.2. The number of nitrogens with zero attached hydrogens (tertiary/aromatic N) is 5. The van der Waals surface area contributed by atoms with Gasteiger partial charge >= 0.3 is 0 Å². The minimum Gasteiger partial charge on any atom is -0.361 e. The maximum absolute atomic E-state index is 14.2. The fraction of sp³-hybridized carbons (Fsp3) is 0.259. The molecule has 0 unspecified atom stereocenters. The molecule has 1 atom stereocenters. The van der Waals surface area contributed by atoms with Crippen LogP contribution in [0.25, 0.3) is 27.3 Å². The van der Waals surface area contributed by atoms with Crippen LogP contribution in [0.4, 0.5) is 14.5 Å². The van der Waals surface area contributed by atoms with E-state index < -0.39 is 17.7 Å². The predicted molar refractivity (Wildman–Crippen MR) is 137 cm³/mol. The third-order valence-corrected chi connectivity index (χ3v) is 7.63. The molecule has 1 fully saturated rings. The summed E-state index contributed by atoms with van der Waals surface area (Å²) in [7, 11) is 0.